The second kappa shape index (κ2) is 9.34. The zero-order valence-electron chi connectivity index (χ0n) is 11.1. The molecule has 2 aliphatic rings. The van der Waals surface area contributed by atoms with E-state index in [4.69, 9.17) is 0 Å². The molecule has 2 rings (SSSR count). The minimum atomic E-state index is -0.659. The van der Waals surface area contributed by atoms with Crippen molar-refractivity contribution in [2.75, 3.05) is 0 Å². The topological polar surface area (TPSA) is 0 Å². The molecule has 0 amide bonds. The summed E-state index contributed by atoms with van der Waals surface area (Å²) >= 11 is -0.659. The Morgan fingerprint density at radius 2 is 1.72 bits per heavy atom. The van der Waals surface area contributed by atoms with E-state index in [2.05, 4.69) is 38.2 Å². The van der Waals surface area contributed by atoms with Gasteiger partial charge in [-0.3, -0.25) is 0 Å². The van der Waals surface area contributed by atoms with Gasteiger partial charge < -0.3 is 24.8 Å². The van der Waals surface area contributed by atoms with Crippen LogP contribution in [0.15, 0.2) is 42.1 Å². The summed E-state index contributed by atoms with van der Waals surface area (Å²) in [5, 5.41) is 0. The second-order valence-electron chi connectivity index (χ2n) is 4.61. The Bertz CT molecular complexity index is 389. The Hall–Kier alpha value is 0.410. The molecule has 0 aromatic carbocycles. The van der Waals surface area contributed by atoms with Crippen LogP contribution in [-0.2, 0) is 22.9 Å². The van der Waals surface area contributed by atoms with Crippen molar-refractivity contribution in [3.8, 4) is 0 Å². The van der Waals surface area contributed by atoms with Gasteiger partial charge >= 0.3 is 111 Å². The molecule has 0 aliphatic heterocycles. The summed E-state index contributed by atoms with van der Waals surface area (Å²) in [5.74, 6) is 0. The molecule has 0 nitrogen and oxygen atoms in total. The smallest absolute Gasteiger partial charge is 1.00 e. The Morgan fingerprint density at radius 1 is 1.06 bits per heavy atom. The van der Waals surface area contributed by atoms with Crippen LogP contribution in [-0.4, -0.2) is 0 Å². The van der Waals surface area contributed by atoms with Crippen LogP contribution in [0.4, 0.5) is 0 Å². The number of allylic oxidation sites excluding steroid dienone is 8. The van der Waals surface area contributed by atoms with Gasteiger partial charge in [-0.1, -0.05) is 0 Å². The normalized spacial score (nSPS) is 16.8. The van der Waals surface area contributed by atoms with Crippen molar-refractivity contribution >= 4 is 0 Å². The maximum absolute atomic E-state index is 2.40. The van der Waals surface area contributed by atoms with Gasteiger partial charge in [-0.25, -0.2) is 0 Å². The largest absolute Gasteiger partial charge is 1.00 e. The van der Waals surface area contributed by atoms with Gasteiger partial charge in [0.2, 0.25) is 0 Å². The molecule has 98 valence electrons. The number of halogens is 2. The average molecular weight is 450 g/mol. The summed E-state index contributed by atoms with van der Waals surface area (Å²) in [6, 6.07) is 0. The van der Waals surface area contributed by atoms with Crippen LogP contribution in [0, 0.1) is 0 Å². The van der Waals surface area contributed by atoms with Gasteiger partial charge in [0.05, 0.1) is 0 Å². The van der Waals surface area contributed by atoms with E-state index in [1.54, 1.807) is 11.1 Å². The summed E-state index contributed by atoms with van der Waals surface area (Å²) in [6.45, 7) is 4.58. The first-order chi connectivity index (χ1) is 7.81. The molecule has 18 heavy (non-hydrogen) atoms. The Labute approximate surface area is 135 Å². The fraction of sp³-hybridized carbons (Fsp3) is 0.467. The molecule has 0 unspecified atom stereocenters. The number of unbranched alkanes of at least 4 members (excludes halogenated alkanes) is 1. The molecule has 0 radical (unpaired) electrons. The maximum atomic E-state index is 2.40. The van der Waals surface area contributed by atoms with Crippen molar-refractivity contribution < 1.29 is 47.7 Å². The summed E-state index contributed by atoms with van der Waals surface area (Å²) in [6.07, 6.45) is 16.0. The third-order valence-corrected chi connectivity index (χ3v) is 9.50. The molecule has 0 aromatic rings. The first-order valence-corrected chi connectivity index (χ1v) is 9.92. The van der Waals surface area contributed by atoms with Crippen molar-refractivity contribution in [2.24, 2.45) is 0 Å². The van der Waals surface area contributed by atoms with Gasteiger partial charge in [-0.05, 0) is 0 Å². The van der Waals surface area contributed by atoms with E-state index in [-0.39, 0.29) is 24.8 Å². The van der Waals surface area contributed by atoms with Crippen molar-refractivity contribution in [3.05, 3.63) is 42.1 Å². The van der Waals surface area contributed by atoms with E-state index in [0.29, 0.717) is 0 Å². The second-order valence-corrected chi connectivity index (χ2v) is 9.84. The minimum absolute atomic E-state index is 0. The molecule has 0 aromatic heterocycles. The fourth-order valence-corrected chi connectivity index (χ4v) is 7.45. The Kier molecular flexibility index (Phi) is 9.55. The predicted octanol–water partition coefficient (Wildman–Crippen LogP) is -1.28. The van der Waals surface area contributed by atoms with Crippen LogP contribution < -0.4 is 24.8 Å². The summed E-state index contributed by atoms with van der Waals surface area (Å²) in [4.78, 5) is 0. The molecule has 2 aliphatic carbocycles. The Morgan fingerprint density at radius 3 is 2.33 bits per heavy atom. The van der Waals surface area contributed by atoms with Crippen molar-refractivity contribution in [2.45, 2.75) is 46.0 Å². The summed E-state index contributed by atoms with van der Waals surface area (Å²) in [5.41, 5.74) is 3.29. The third kappa shape index (κ3) is 4.83. The van der Waals surface area contributed by atoms with Gasteiger partial charge in [0.25, 0.3) is 0 Å². The Balaban J connectivity index is 0.00000144. The molecular weight excluding hydrogens is 430 g/mol. The number of hydrogen-bond donors (Lipinski definition) is 0. The van der Waals surface area contributed by atoms with Crippen LogP contribution in [0.5, 0.6) is 0 Å². The van der Waals surface area contributed by atoms with Gasteiger partial charge in [-0.2, -0.15) is 0 Å². The van der Waals surface area contributed by atoms with E-state index in [9.17, 15) is 0 Å². The SMILES string of the molecule is CCCCC1=[C]([Hf+2][C]2=C(C)C=CC2)CC=C1.[Cl-].[Cl-]. The number of rotatable bonds is 5. The van der Waals surface area contributed by atoms with Crippen molar-refractivity contribution in [1.82, 2.24) is 0 Å². The van der Waals surface area contributed by atoms with Crippen LogP contribution in [0.2, 0.25) is 0 Å². The maximum Gasteiger partial charge on any atom is -1.00 e. The quantitative estimate of drug-likeness (QED) is 0.459. The van der Waals surface area contributed by atoms with Gasteiger partial charge in [0.1, 0.15) is 0 Å². The third-order valence-electron chi connectivity index (χ3n) is 3.30. The summed E-state index contributed by atoms with van der Waals surface area (Å²) in [7, 11) is 0. The minimum Gasteiger partial charge on any atom is -1.00 e. The fourth-order valence-electron chi connectivity index (χ4n) is 2.23. The standard InChI is InChI=1S/C9H13.C6H7.2ClH.Hf/c1-2-3-6-9-7-4-5-8-9;1-6-4-2-3-5-6;;;/h4,7H,2-3,5-6H2,1H3;2,4H,3H2,1H3;2*1H;/q;;;;+2/p-2. The molecule has 0 N–H and O–H groups in total. The van der Waals surface area contributed by atoms with Crippen LogP contribution in [0.1, 0.15) is 46.0 Å². The molecule has 0 saturated carbocycles. The first kappa shape index (κ1) is 18.4. The van der Waals surface area contributed by atoms with Gasteiger partial charge in [-0.15, -0.1) is 0 Å². The molecule has 0 saturated heterocycles. The molecule has 0 heterocycles. The zero-order chi connectivity index (χ0) is 11.4. The van der Waals surface area contributed by atoms with Crippen LogP contribution >= 0.6 is 0 Å². The molecule has 0 fully saturated rings. The number of hydrogen-bond acceptors (Lipinski definition) is 0. The van der Waals surface area contributed by atoms with Gasteiger partial charge in [0.15, 0.2) is 0 Å². The van der Waals surface area contributed by atoms with Crippen LogP contribution in [0.3, 0.4) is 0 Å². The molecule has 3 heteroatoms. The monoisotopic (exact) mass is 450 g/mol. The van der Waals surface area contributed by atoms with E-state index >= 15 is 0 Å². The van der Waals surface area contributed by atoms with Gasteiger partial charge in [0, 0.05) is 0 Å². The summed E-state index contributed by atoms with van der Waals surface area (Å²) < 4.78 is 3.69. The first-order valence-electron chi connectivity index (χ1n) is 6.33. The molecule has 0 spiro atoms. The molecule has 0 bridgehead atoms. The zero-order valence-corrected chi connectivity index (χ0v) is 16.2. The van der Waals surface area contributed by atoms with Crippen molar-refractivity contribution in [3.63, 3.8) is 0 Å². The van der Waals surface area contributed by atoms with E-state index in [0.717, 1.165) is 0 Å². The average Bonchev–Trinajstić information content (AvgIpc) is 2.87. The van der Waals surface area contributed by atoms with Crippen molar-refractivity contribution in [1.29, 1.82) is 0 Å². The van der Waals surface area contributed by atoms with E-state index < -0.39 is 22.9 Å². The van der Waals surface area contributed by atoms with E-state index in [1.165, 1.54) is 32.1 Å². The molecular formula is C15H20Cl2Hf. The molecule has 0 atom stereocenters. The van der Waals surface area contributed by atoms with Crippen LogP contribution in [0.25, 0.3) is 0 Å². The predicted molar refractivity (Wildman–Crippen MR) is 66.8 cm³/mol. The van der Waals surface area contributed by atoms with E-state index in [1.807, 2.05) is 6.66 Å².